The Balaban J connectivity index is 1.05. The zero-order chi connectivity index (χ0) is 56.4. The van der Waals surface area contributed by atoms with E-state index in [1.54, 1.807) is 0 Å². The van der Waals surface area contributed by atoms with Crippen LogP contribution in [0.1, 0.15) is 74.9 Å². The van der Waals surface area contributed by atoms with Crippen molar-refractivity contribution in [2.75, 3.05) is 0 Å². The molecule has 0 unspecified atom stereocenters. The molecule has 1 nitrogen and oxygen atoms in total. The fraction of sp³-hybridized carbons (Fsp3) is 0.108. The Morgan fingerprint density at radius 3 is 1.26 bits per heavy atom. The molecule has 84 heavy (non-hydrogen) atoms. The van der Waals surface area contributed by atoms with Crippen LogP contribution in [0, 0.1) is 0 Å². The van der Waals surface area contributed by atoms with Crippen LogP contribution in [0.2, 0.25) is 0 Å². The van der Waals surface area contributed by atoms with Crippen LogP contribution in [0.5, 0.6) is 0 Å². The Morgan fingerprint density at radius 2 is 0.667 bits per heavy atom. The van der Waals surface area contributed by atoms with E-state index in [1.165, 1.54) is 166 Å². The summed E-state index contributed by atoms with van der Waals surface area (Å²) in [6.07, 6.45) is 0. The molecule has 13 aromatic carbocycles. The molecule has 3 aliphatic rings. The molecular formula is C83H61N. The van der Waals surface area contributed by atoms with Crippen molar-refractivity contribution in [3.05, 3.63) is 294 Å². The summed E-state index contributed by atoms with van der Waals surface area (Å²) in [5, 5.41) is 8.63. The zero-order valence-corrected chi connectivity index (χ0v) is 48.3. The van der Waals surface area contributed by atoms with Gasteiger partial charge < -0.3 is 4.57 Å². The van der Waals surface area contributed by atoms with Crippen molar-refractivity contribution < 1.29 is 0 Å². The van der Waals surface area contributed by atoms with Crippen LogP contribution in [0.25, 0.3) is 138 Å². The second-order valence-electron chi connectivity index (χ2n) is 25.5. The third-order valence-corrected chi connectivity index (χ3v) is 20.0. The highest BCUT2D eigenvalue weighted by molar-refractivity contribution is 6.26. The Morgan fingerprint density at radius 1 is 0.238 bits per heavy atom. The topological polar surface area (TPSA) is 4.93 Å². The van der Waals surface area contributed by atoms with Crippen molar-refractivity contribution in [1.82, 2.24) is 4.57 Å². The number of hydrogen-bond acceptors (Lipinski definition) is 0. The first kappa shape index (κ1) is 48.8. The number of rotatable bonds is 6. The second-order valence-corrected chi connectivity index (χ2v) is 25.5. The van der Waals surface area contributed by atoms with Gasteiger partial charge in [-0.25, -0.2) is 0 Å². The quantitative estimate of drug-likeness (QED) is 0.146. The molecule has 1 heterocycles. The van der Waals surface area contributed by atoms with E-state index in [0.29, 0.717) is 0 Å². The van der Waals surface area contributed by atoms with Crippen molar-refractivity contribution in [2.24, 2.45) is 0 Å². The minimum Gasteiger partial charge on any atom is -0.309 e. The van der Waals surface area contributed by atoms with Crippen molar-refractivity contribution in [3.63, 3.8) is 0 Å². The summed E-state index contributed by atoms with van der Waals surface area (Å²) in [6.45, 7) is 14.4. The third-order valence-electron chi connectivity index (χ3n) is 20.0. The Labute approximate surface area is 491 Å². The molecule has 17 rings (SSSR count). The normalized spacial score (nSPS) is 14.6. The van der Waals surface area contributed by atoms with Crippen molar-refractivity contribution >= 4 is 43.2 Å². The average Bonchev–Trinajstić information content (AvgIpc) is 3.88. The van der Waals surface area contributed by atoms with Gasteiger partial charge in [0.05, 0.1) is 11.2 Å². The molecule has 0 saturated carbocycles. The van der Waals surface area contributed by atoms with Gasteiger partial charge in [-0.05, 0) is 192 Å². The standard InChI is InChI=1S/C83H61N/c1-81(2)70-30-18-15-27-59(70)62-39-36-56(45-73(62)81)77-65-41-35-55(54-34-33-50-21-13-14-26-53(50)43-54)44-66(65)78(57-37-40-63-60-28-16-19-31-71(60)82(3,4)74(63)46-57)67-48-69-76(49-68(67)77)84(80(52-24-11-8-12-25-52)79(69)51-22-9-7-10-23-51)58-38-42-64-61-29-17-20-32-72(61)83(5,6)75(64)47-58/h7-49H,1-6H3. The van der Waals surface area contributed by atoms with Crippen LogP contribution in [0.4, 0.5) is 0 Å². The molecule has 0 aliphatic heterocycles. The summed E-state index contributed by atoms with van der Waals surface area (Å²) in [7, 11) is 0. The van der Waals surface area contributed by atoms with Crippen molar-refractivity contribution in [1.29, 1.82) is 0 Å². The lowest BCUT2D eigenvalue weighted by Crippen LogP contribution is -2.15. The largest absolute Gasteiger partial charge is 0.309 e. The lowest BCUT2D eigenvalue weighted by atomic mass is 9.79. The number of benzene rings is 13. The molecule has 3 aliphatic carbocycles. The van der Waals surface area contributed by atoms with E-state index in [4.69, 9.17) is 0 Å². The Bertz CT molecular complexity index is 5140. The van der Waals surface area contributed by atoms with Crippen molar-refractivity contribution in [3.8, 4) is 94.8 Å². The first-order chi connectivity index (χ1) is 40.9. The van der Waals surface area contributed by atoms with Crippen LogP contribution in [0.15, 0.2) is 261 Å². The maximum atomic E-state index is 2.61. The van der Waals surface area contributed by atoms with Gasteiger partial charge in [-0.1, -0.05) is 254 Å². The van der Waals surface area contributed by atoms with Crippen molar-refractivity contribution in [2.45, 2.75) is 57.8 Å². The summed E-state index contributed by atoms with van der Waals surface area (Å²) in [4.78, 5) is 0. The summed E-state index contributed by atoms with van der Waals surface area (Å²) in [6, 6.07) is 99.7. The minimum absolute atomic E-state index is 0.188. The molecule has 1 heteroatoms. The molecule has 0 fully saturated rings. The van der Waals surface area contributed by atoms with Gasteiger partial charge in [0.25, 0.3) is 0 Å². The van der Waals surface area contributed by atoms with Gasteiger partial charge in [-0.15, -0.1) is 0 Å². The van der Waals surface area contributed by atoms with E-state index in [0.717, 1.165) is 5.69 Å². The molecular weight excluding hydrogens is 1010 g/mol. The van der Waals surface area contributed by atoms with Crippen LogP contribution in [-0.2, 0) is 16.2 Å². The van der Waals surface area contributed by atoms with Gasteiger partial charge in [0, 0.05) is 32.9 Å². The van der Waals surface area contributed by atoms with Crippen LogP contribution in [0.3, 0.4) is 0 Å². The van der Waals surface area contributed by atoms with Crippen LogP contribution in [-0.4, -0.2) is 4.57 Å². The molecule has 14 aromatic rings. The van der Waals surface area contributed by atoms with Gasteiger partial charge >= 0.3 is 0 Å². The molecule has 0 saturated heterocycles. The first-order valence-electron chi connectivity index (χ1n) is 29.9. The third kappa shape index (κ3) is 6.84. The second kappa shape index (κ2) is 17.6. The molecule has 1 aromatic heterocycles. The summed E-state index contributed by atoms with van der Waals surface area (Å²) < 4.78 is 2.61. The van der Waals surface area contributed by atoms with Gasteiger partial charge in [-0.3, -0.25) is 0 Å². The molecule has 0 atom stereocenters. The van der Waals surface area contributed by atoms with Gasteiger partial charge in [0.15, 0.2) is 0 Å². The molecule has 398 valence electrons. The summed E-state index contributed by atoms with van der Waals surface area (Å²) in [5.41, 5.74) is 30.0. The van der Waals surface area contributed by atoms with E-state index in [1.807, 2.05) is 0 Å². The predicted octanol–water partition coefficient (Wildman–Crippen LogP) is 22.3. The molecule has 0 N–H and O–H groups in total. The highest BCUT2D eigenvalue weighted by Gasteiger charge is 2.39. The lowest BCUT2D eigenvalue weighted by Gasteiger charge is -2.24. The maximum Gasteiger partial charge on any atom is 0.0619 e. The molecule has 0 radical (unpaired) electrons. The fourth-order valence-corrected chi connectivity index (χ4v) is 15.8. The average molecular weight is 1070 g/mol. The van der Waals surface area contributed by atoms with E-state index < -0.39 is 0 Å². The monoisotopic (exact) mass is 1070 g/mol. The van der Waals surface area contributed by atoms with Crippen LogP contribution < -0.4 is 0 Å². The van der Waals surface area contributed by atoms with E-state index in [-0.39, 0.29) is 16.2 Å². The summed E-state index contributed by atoms with van der Waals surface area (Å²) in [5.74, 6) is 0. The Kier molecular flexibility index (Phi) is 10.2. The van der Waals surface area contributed by atoms with Crippen LogP contribution >= 0.6 is 0 Å². The van der Waals surface area contributed by atoms with Gasteiger partial charge in [-0.2, -0.15) is 0 Å². The highest BCUT2D eigenvalue weighted by Crippen LogP contribution is 2.56. The van der Waals surface area contributed by atoms with E-state index in [2.05, 4.69) is 307 Å². The SMILES string of the molecule is CC1(C)c2ccccc2-c2ccc(-c3c4cc(-c5ccc6ccccc6c5)ccc4c(-c4ccc5c(c4)C(C)(C)c4ccccc4-5)c4cc5c(cc34)c(-c3ccccc3)c(-c3ccccc3)n5-c3ccc4c(c3)C(C)(C)c3ccccc3-4)cc21. The fourth-order valence-electron chi connectivity index (χ4n) is 15.8. The van der Waals surface area contributed by atoms with Gasteiger partial charge in [0.1, 0.15) is 0 Å². The predicted molar refractivity (Wildman–Crippen MR) is 356 cm³/mol. The number of hydrogen-bond donors (Lipinski definition) is 0. The maximum absolute atomic E-state index is 2.61. The van der Waals surface area contributed by atoms with Gasteiger partial charge in [0.2, 0.25) is 0 Å². The molecule has 0 spiro atoms. The smallest absolute Gasteiger partial charge is 0.0619 e. The number of aromatic nitrogens is 1. The zero-order valence-electron chi connectivity index (χ0n) is 48.3. The first-order valence-corrected chi connectivity index (χ1v) is 29.9. The Hall–Kier alpha value is -9.82. The molecule has 0 bridgehead atoms. The number of fused-ring (bicyclic) bond motifs is 13. The van der Waals surface area contributed by atoms with E-state index in [9.17, 15) is 0 Å². The molecule has 0 amide bonds. The summed E-state index contributed by atoms with van der Waals surface area (Å²) >= 11 is 0. The number of nitrogens with zero attached hydrogens (tertiary/aromatic N) is 1. The highest BCUT2D eigenvalue weighted by atomic mass is 15.0. The van der Waals surface area contributed by atoms with E-state index >= 15 is 0 Å². The minimum atomic E-state index is -0.195. The lowest BCUT2D eigenvalue weighted by molar-refractivity contribution is 0.660.